The second-order valence-corrected chi connectivity index (χ2v) is 12.1. The van der Waals surface area contributed by atoms with Crippen molar-refractivity contribution in [1.29, 1.82) is 0 Å². The van der Waals surface area contributed by atoms with Crippen molar-refractivity contribution in [2.75, 3.05) is 14.2 Å². The standard InChI is InChI=1S/C32H29BrN2O7S/c1-16(2)41-31(38)27-18(4)34-32-35(28(27)23-14-20(33)8-11-24(23)39-5)29(36)26(43-32)15-21-9-12-25(42-21)22-10-7-19(13-17(22)3)30(37)40-6/h7-16,28H,1-6H3/b26-15-/t28-/m0/s1. The number of carbonyl (C=O) groups is 2. The van der Waals surface area contributed by atoms with Crippen molar-refractivity contribution in [2.24, 2.45) is 4.99 Å². The van der Waals surface area contributed by atoms with Crippen molar-refractivity contribution in [3.63, 3.8) is 0 Å². The molecular weight excluding hydrogens is 636 g/mol. The molecule has 0 bridgehead atoms. The minimum absolute atomic E-state index is 0.259. The summed E-state index contributed by atoms with van der Waals surface area (Å²) in [7, 11) is 2.88. The number of halogens is 1. The van der Waals surface area contributed by atoms with Gasteiger partial charge >= 0.3 is 11.9 Å². The first-order valence-corrected chi connectivity index (χ1v) is 15.0. The molecule has 0 aliphatic carbocycles. The molecule has 1 aliphatic rings. The van der Waals surface area contributed by atoms with Gasteiger partial charge in [0.1, 0.15) is 23.3 Å². The molecular formula is C32H29BrN2O7S. The predicted molar refractivity (Wildman–Crippen MR) is 166 cm³/mol. The van der Waals surface area contributed by atoms with Gasteiger partial charge in [0.2, 0.25) is 0 Å². The molecule has 4 aromatic rings. The molecule has 43 heavy (non-hydrogen) atoms. The topological polar surface area (TPSA) is 109 Å². The van der Waals surface area contributed by atoms with Crippen molar-refractivity contribution >= 4 is 45.3 Å². The number of carbonyl (C=O) groups excluding carboxylic acids is 2. The van der Waals surface area contributed by atoms with Crippen LogP contribution in [0.4, 0.5) is 0 Å². The van der Waals surface area contributed by atoms with Crippen LogP contribution in [0.25, 0.3) is 17.4 Å². The average Bonchev–Trinajstić information content (AvgIpc) is 3.55. The van der Waals surface area contributed by atoms with Gasteiger partial charge in [-0.25, -0.2) is 14.6 Å². The van der Waals surface area contributed by atoms with Gasteiger partial charge in [0.15, 0.2) is 4.80 Å². The van der Waals surface area contributed by atoms with E-state index in [-0.39, 0.29) is 17.2 Å². The van der Waals surface area contributed by atoms with Crippen LogP contribution in [0.3, 0.4) is 0 Å². The lowest BCUT2D eigenvalue weighted by Crippen LogP contribution is -2.40. The second kappa shape index (κ2) is 12.2. The number of rotatable bonds is 7. The van der Waals surface area contributed by atoms with Crippen molar-refractivity contribution in [3.8, 4) is 17.1 Å². The van der Waals surface area contributed by atoms with Crippen molar-refractivity contribution in [3.05, 3.63) is 106 Å². The quantitative estimate of drug-likeness (QED) is 0.246. The van der Waals surface area contributed by atoms with Crippen molar-refractivity contribution in [1.82, 2.24) is 4.57 Å². The zero-order chi connectivity index (χ0) is 31.0. The number of hydrogen-bond donors (Lipinski definition) is 0. The maximum absolute atomic E-state index is 14.0. The molecule has 0 spiro atoms. The van der Waals surface area contributed by atoms with Crippen LogP contribution < -0.4 is 19.6 Å². The van der Waals surface area contributed by atoms with E-state index in [9.17, 15) is 14.4 Å². The van der Waals surface area contributed by atoms with Gasteiger partial charge in [0.05, 0.1) is 41.7 Å². The van der Waals surface area contributed by atoms with E-state index in [0.29, 0.717) is 43.4 Å². The number of furan rings is 1. The van der Waals surface area contributed by atoms with Gasteiger partial charge in [0, 0.05) is 21.7 Å². The number of fused-ring (bicyclic) bond motifs is 1. The van der Waals surface area contributed by atoms with E-state index in [1.54, 1.807) is 64.3 Å². The van der Waals surface area contributed by atoms with Crippen LogP contribution in [0.15, 0.2) is 78.5 Å². The number of methoxy groups -OCH3 is 2. The summed E-state index contributed by atoms with van der Waals surface area (Å²) in [4.78, 5) is 44.4. The highest BCUT2D eigenvalue weighted by atomic mass is 79.9. The third kappa shape index (κ3) is 5.87. The molecule has 0 radical (unpaired) electrons. The Morgan fingerprint density at radius 3 is 2.51 bits per heavy atom. The normalized spacial score (nSPS) is 14.9. The fourth-order valence-electron chi connectivity index (χ4n) is 4.96. The lowest BCUT2D eigenvalue weighted by Gasteiger charge is -2.26. The van der Waals surface area contributed by atoms with Crippen LogP contribution in [0.2, 0.25) is 0 Å². The third-order valence-electron chi connectivity index (χ3n) is 6.88. The molecule has 222 valence electrons. The maximum atomic E-state index is 14.0. The molecule has 0 unspecified atom stereocenters. The van der Waals surface area contributed by atoms with Gasteiger partial charge in [-0.15, -0.1) is 0 Å². The maximum Gasteiger partial charge on any atom is 0.338 e. The smallest absolute Gasteiger partial charge is 0.338 e. The average molecular weight is 666 g/mol. The first kappa shape index (κ1) is 30.2. The fraction of sp³-hybridized carbons (Fsp3) is 0.250. The Labute approximate surface area is 259 Å². The second-order valence-electron chi connectivity index (χ2n) is 10.1. The SMILES string of the molecule is COC(=O)c1ccc(-c2ccc(/C=c3\sc4n(c3=O)[C@@H](c3cc(Br)ccc3OC)C(C(=O)OC(C)C)=C(C)N=4)o2)c(C)c1. The van der Waals surface area contributed by atoms with Crippen molar-refractivity contribution < 1.29 is 28.2 Å². The van der Waals surface area contributed by atoms with Crippen LogP contribution in [0, 0.1) is 6.92 Å². The highest BCUT2D eigenvalue weighted by Gasteiger charge is 2.35. The summed E-state index contributed by atoms with van der Waals surface area (Å²) in [6.07, 6.45) is 1.29. The molecule has 1 aliphatic heterocycles. The van der Waals surface area contributed by atoms with E-state index in [4.69, 9.17) is 18.6 Å². The number of esters is 2. The number of allylic oxidation sites excluding steroid dienone is 1. The summed E-state index contributed by atoms with van der Waals surface area (Å²) in [5, 5.41) is 0. The minimum Gasteiger partial charge on any atom is -0.496 e. The number of benzene rings is 2. The lowest BCUT2D eigenvalue weighted by molar-refractivity contribution is -0.143. The number of nitrogens with zero attached hydrogens (tertiary/aromatic N) is 2. The van der Waals surface area contributed by atoms with Gasteiger partial charge in [0.25, 0.3) is 5.56 Å². The van der Waals surface area contributed by atoms with E-state index in [1.165, 1.54) is 23.0 Å². The van der Waals surface area contributed by atoms with E-state index < -0.39 is 18.0 Å². The summed E-state index contributed by atoms with van der Waals surface area (Å²) in [6.45, 7) is 7.15. The van der Waals surface area contributed by atoms with Crippen LogP contribution >= 0.6 is 27.3 Å². The van der Waals surface area contributed by atoms with Crippen LogP contribution in [-0.4, -0.2) is 36.8 Å². The van der Waals surface area contributed by atoms with Crippen LogP contribution in [0.5, 0.6) is 5.75 Å². The summed E-state index contributed by atoms with van der Waals surface area (Å²) in [6, 6.07) is 13.4. The van der Waals surface area contributed by atoms with E-state index in [1.807, 2.05) is 25.1 Å². The Balaban J connectivity index is 1.63. The highest BCUT2D eigenvalue weighted by molar-refractivity contribution is 9.10. The molecule has 2 aromatic carbocycles. The van der Waals surface area contributed by atoms with Crippen molar-refractivity contribution in [2.45, 2.75) is 39.8 Å². The zero-order valence-electron chi connectivity index (χ0n) is 24.4. The van der Waals surface area contributed by atoms with E-state index in [2.05, 4.69) is 20.9 Å². The first-order valence-electron chi connectivity index (χ1n) is 13.4. The summed E-state index contributed by atoms with van der Waals surface area (Å²) < 4.78 is 24.8. The summed E-state index contributed by atoms with van der Waals surface area (Å²) >= 11 is 4.71. The third-order valence-corrected chi connectivity index (χ3v) is 8.36. The number of aromatic nitrogens is 1. The molecule has 2 aromatic heterocycles. The molecule has 9 nitrogen and oxygen atoms in total. The predicted octanol–water partition coefficient (Wildman–Crippen LogP) is 5.31. The van der Waals surface area contributed by atoms with E-state index >= 15 is 0 Å². The van der Waals surface area contributed by atoms with Crippen LogP contribution in [-0.2, 0) is 14.3 Å². The van der Waals surface area contributed by atoms with Crippen LogP contribution in [0.1, 0.15) is 54.1 Å². The van der Waals surface area contributed by atoms with Gasteiger partial charge in [-0.2, -0.15) is 0 Å². The number of aryl methyl sites for hydroxylation is 1. The van der Waals surface area contributed by atoms with Gasteiger partial charge in [-0.3, -0.25) is 9.36 Å². The molecule has 3 heterocycles. The van der Waals surface area contributed by atoms with Gasteiger partial charge in [-0.1, -0.05) is 33.3 Å². The minimum atomic E-state index is -0.833. The molecule has 0 saturated heterocycles. The highest BCUT2D eigenvalue weighted by Crippen LogP contribution is 2.37. The van der Waals surface area contributed by atoms with E-state index in [0.717, 1.165) is 15.6 Å². The Morgan fingerprint density at radius 2 is 1.84 bits per heavy atom. The molecule has 0 saturated carbocycles. The number of thiazole rings is 1. The molecule has 0 N–H and O–H groups in total. The Bertz CT molecular complexity index is 1970. The first-order chi connectivity index (χ1) is 20.5. The molecule has 0 fully saturated rings. The fourth-order valence-corrected chi connectivity index (χ4v) is 6.37. The Morgan fingerprint density at radius 1 is 1.07 bits per heavy atom. The molecule has 0 amide bonds. The number of ether oxygens (including phenoxy) is 3. The largest absolute Gasteiger partial charge is 0.496 e. The Hall–Kier alpha value is -4.22. The molecule has 11 heteroatoms. The zero-order valence-corrected chi connectivity index (χ0v) is 26.8. The van der Waals surface area contributed by atoms with Gasteiger partial charge < -0.3 is 18.6 Å². The monoisotopic (exact) mass is 664 g/mol. The van der Waals surface area contributed by atoms with Gasteiger partial charge in [-0.05, 0) is 75.7 Å². The molecule has 1 atom stereocenters. The number of hydrogen-bond acceptors (Lipinski definition) is 9. The Kier molecular flexibility index (Phi) is 8.57. The summed E-state index contributed by atoms with van der Waals surface area (Å²) in [5.74, 6) is 0.584. The molecule has 5 rings (SSSR count). The lowest BCUT2D eigenvalue weighted by atomic mass is 9.95. The summed E-state index contributed by atoms with van der Waals surface area (Å²) in [5.41, 5.74) is 3.07.